The first-order valence-corrected chi connectivity index (χ1v) is 8.64. The van der Waals surface area contributed by atoms with Gasteiger partial charge in [-0.25, -0.2) is 13.1 Å². The molecular formula is C15H20N2O4S. The monoisotopic (exact) mass is 324 g/mol. The van der Waals surface area contributed by atoms with Crippen molar-refractivity contribution in [3.63, 3.8) is 0 Å². The third kappa shape index (κ3) is 3.53. The van der Waals surface area contributed by atoms with E-state index in [-0.39, 0.29) is 12.3 Å². The normalized spacial score (nSPS) is 15.4. The number of rotatable bonds is 4. The van der Waals surface area contributed by atoms with E-state index in [1.54, 1.807) is 39.0 Å². The highest BCUT2D eigenvalue weighted by Crippen LogP contribution is 2.23. The molecule has 0 saturated heterocycles. The number of sulfonamides is 1. The molecule has 1 aromatic rings. The molecule has 0 unspecified atom stereocenters. The second-order valence-corrected chi connectivity index (χ2v) is 8.32. The number of nitrogens with one attached hydrogen (secondary N) is 1. The Morgan fingerprint density at radius 2 is 1.68 bits per heavy atom. The number of hydrogen-bond donors (Lipinski definition) is 1. The highest BCUT2D eigenvalue weighted by atomic mass is 32.2. The Balaban J connectivity index is 2.13. The summed E-state index contributed by atoms with van der Waals surface area (Å²) < 4.78 is 26.5. The molecule has 120 valence electrons. The summed E-state index contributed by atoms with van der Waals surface area (Å²) in [5.41, 5.74) is 0.949. The van der Waals surface area contributed by atoms with Gasteiger partial charge in [0.05, 0.1) is 16.9 Å². The third-order valence-electron chi connectivity index (χ3n) is 3.17. The van der Waals surface area contributed by atoms with Gasteiger partial charge in [-0.15, -0.1) is 0 Å². The van der Waals surface area contributed by atoms with Gasteiger partial charge in [-0.1, -0.05) is 11.6 Å². The Morgan fingerprint density at radius 1 is 1.09 bits per heavy atom. The van der Waals surface area contributed by atoms with E-state index in [2.05, 4.69) is 4.72 Å². The van der Waals surface area contributed by atoms with Crippen LogP contribution in [-0.4, -0.2) is 43.0 Å². The number of nitrogens with zero attached hydrogens (tertiary/aromatic N) is 1. The summed E-state index contributed by atoms with van der Waals surface area (Å²) in [6.45, 7) is 6.87. The van der Waals surface area contributed by atoms with Crippen molar-refractivity contribution in [2.24, 2.45) is 0 Å². The molecule has 0 radical (unpaired) electrons. The molecule has 1 aliphatic rings. The van der Waals surface area contributed by atoms with E-state index in [0.717, 1.165) is 10.5 Å². The van der Waals surface area contributed by atoms with Gasteiger partial charge in [0.15, 0.2) is 0 Å². The molecule has 1 aliphatic heterocycles. The van der Waals surface area contributed by atoms with E-state index < -0.39 is 27.4 Å². The number of carbonyl (C=O) groups is 2. The van der Waals surface area contributed by atoms with Crippen LogP contribution in [0.1, 0.15) is 47.1 Å². The fraction of sp³-hybridized carbons (Fsp3) is 0.467. The lowest BCUT2D eigenvalue weighted by Crippen LogP contribution is -2.44. The maximum absolute atomic E-state index is 12.3. The number of aryl methyl sites for hydroxylation is 1. The number of benzene rings is 1. The van der Waals surface area contributed by atoms with Crippen LogP contribution in [0.3, 0.4) is 0 Å². The smallest absolute Gasteiger partial charge is 0.261 e. The van der Waals surface area contributed by atoms with Gasteiger partial charge in [0.2, 0.25) is 10.0 Å². The lowest BCUT2D eigenvalue weighted by Gasteiger charge is -2.21. The second kappa shape index (κ2) is 5.48. The fourth-order valence-corrected chi connectivity index (χ4v) is 3.79. The summed E-state index contributed by atoms with van der Waals surface area (Å²) >= 11 is 0. The molecule has 22 heavy (non-hydrogen) atoms. The second-order valence-electron chi connectivity index (χ2n) is 6.48. The molecule has 0 spiro atoms. The zero-order chi connectivity index (χ0) is 16.7. The topological polar surface area (TPSA) is 83.6 Å². The van der Waals surface area contributed by atoms with Crippen LogP contribution in [0, 0.1) is 6.92 Å². The molecule has 0 aliphatic carbocycles. The van der Waals surface area contributed by atoms with Crippen LogP contribution in [0.2, 0.25) is 0 Å². The zero-order valence-corrected chi connectivity index (χ0v) is 14.0. The van der Waals surface area contributed by atoms with Gasteiger partial charge >= 0.3 is 0 Å². The third-order valence-corrected chi connectivity index (χ3v) is 4.81. The summed E-state index contributed by atoms with van der Waals surface area (Å²) in [6, 6.07) is 5.01. The summed E-state index contributed by atoms with van der Waals surface area (Å²) in [7, 11) is -3.57. The first-order valence-electron chi connectivity index (χ1n) is 6.99. The van der Waals surface area contributed by atoms with Crippen molar-refractivity contribution in [1.82, 2.24) is 9.62 Å². The zero-order valence-electron chi connectivity index (χ0n) is 13.1. The first-order chi connectivity index (χ1) is 10.0. The Morgan fingerprint density at radius 3 is 2.27 bits per heavy atom. The van der Waals surface area contributed by atoms with Gasteiger partial charge < -0.3 is 0 Å². The van der Waals surface area contributed by atoms with Gasteiger partial charge in [-0.3, -0.25) is 14.5 Å². The molecule has 0 aromatic heterocycles. The molecular weight excluding hydrogens is 304 g/mol. The minimum Gasteiger partial charge on any atom is -0.273 e. The maximum Gasteiger partial charge on any atom is 0.261 e. The maximum atomic E-state index is 12.3. The van der Waals surface area contributed by atoms with Crippen molar-refractivity contribution < 1.29 is 18.0 Å². The van der Waals surface area contributed by atoms with Crippen LogP contribution in [0.4, 0.5) is 0 Å². The highest BCUT2D eigenvalue weighted by molar-refractivity contribution is 7.89. The van der Waals surface area contributed by atoms with Crippen LogP contribution < -0.4 is 4.72 Å². The summed E-state index contributed by atoms with van der Waals surface area (Å²) in [5.74, 6) is -1.19. The quantitative estimate of drug-likeness (QED) is 0.846. The molecule has 1 heterocycles. The van der Waals surface area contributed by atoms with Gasteiger partial charge in [0, 0.05) is 12.1 Å². The van der Waals surface area contributed by atoms with Crippen molar-refractivity contribution in [1.29, 1.82) is 0 Å². The van der Waals surface area contributed by atoms with E-state index in [0.29, 0.717) is 11.1 Å². The lowest BCUT2D eigenvalue weighted by molar-refractivity contribution is 0.0664. The number of hydrogen-bond acceptors (Lipinski definition) is 4. The minimum absolute atomic E-state index is 0.156. The highest BCUT2D eigenvalue weighted by Gasteiger charge is 2.36. The Kier molecular flexibility index (Phi) is 4.14. The predicted molar refractivity (Wildman–Crippen MR) is 83.2 cm³/mol. The van der Waals surface area contributed by atoms with Crippen molar-refractivity contribution in [3.05, 3.63) is 34.9 Å². The Hall–Kier alpha value is -1.73. The number of amides is 2. The van der Waals surface area contributed by atoms with Crippen molar-refractivity contribution >= 4 is 21.8 Å². The Labute approximate surface area is 130 Å². The summed E-state index contributed by atoms with van der Waals surface area (Å²) in [5, 5.41) is 0. The molecule has 1 aromatic carbocycles. The molecule has 2 amide bonds. The van der Waals surface area contributed by atoms with E-state index in [1.165, 1.54) is 0 Å². The van der Waals surface area contributed by atoms with E-state index in [1.807, 2.05) is 6.92 Å². The van der Waals surface area contributed by atoms with Gasteiger partial charge in [-0.2, -0.15) is 0 Å². The minimum atomic E-state index is -3.57. The van der Waals surface area contributed by atoms with Crippen molar-refractivity contribution in [3.8, 4) is 0 Å². The van der Waals surface area contributed by atoms with E-state index in [9.17, 15) is 18.0 Å². The van der Waals surface area contributed by atoms with E-state index in [4.69, 9.17) is 0 Å². The molecule has 0 atom stereocenters. The van der Waals surface area contributed by atoms with Crippen LogP contribution in [0.25, 0.3) is 0 Å². The Bertz CT molecular complexity index is 732. The fourth-order valence-electron chi connectivity index (χ4n) is 2.34. The summed E-state index contributed by atoms with van der Waals surface area (Å²) in [4.78, 5) is 25.5. The van der Waals surface area contributed by atoms with E-state index >= 15 is 0 Å². The van der Waals surface area contributed by atoms with Gasteiger partial charge in [0.25, 0.3) is 11.8 Å². The standard InChI is InChI=1S/C15H20N2O4S/c1-10-5-6-11-12(9-10)14(19)17(13(11)18)7-8-22(20,21)16-15(2,3)4/h5-6,9,16H,7-8H2,1-4H3. The number of carbonyl (C=O) groups excluding carboxylic acids is 2. The van der Waals surface area contributed by atoms with Gasteiger partial charge in [-0.05, 0) is 39.8 Å². The van der Waals surface area contributed by atoms with Crippen LogP contribution in [0.15, 0.2) is 18.2 Å². The molecule has 7 heteroatoms. The van der Waals surface area contributed by atoms with Crippen LogP contribution in [0.5, 0.6) is 0 Å². The molecule has 2 rings (SSSR count). The largest absolute Gasteiger partial charge is 0.273 e. The van der Waals surface area contributed by atoms with Crippen molar-refractivity contribution in [2.45, 2.75) is 33.2 Å². The molecule has 0 saturated carbocycles. The van der Waals surface area contributed by atoms with Gasteiger partial charge in [0.1, 0.15) is 0 Å². The molecule has 0 bridgehead atoms. The predicted octanol–water partition coefficient (Wildman–Crippen LogP) is 1.31. The molecule has 1 N–H and O–H groups in total. The first kappa shape index (κ1) is 16.6. The van der Waals surface area contributed by atoms with Crippen LogP contribution in [-0.2, 0) is 10.0 Å². The van der Waals surface area contributed by atoms with Crippen LogP contribution >= 0.6 is 0 Å². The lowest BCUT2D eigenvalue weighted by atomic mass is 10.1. The molecule has 6 nitrogen and oxygen atoms in total. The van der Waals surface area contributed by atoms with Crippen molar-refractivity contribution in [2.75, 3.05) is 12.3 Å². The summed E-state index contributed by atoms with van der Waals surface area (Å²) in [6.07, 6.45) is 0. The number of imide groups is 1. The molecule has 0 fully saturated rings. The average molecular weight is 324 g/mol. The number of fused-ring (bicyclic) bond motifs is 1. The average Bonchev–Trinajstić information content (AvgIpc) is 2.56. The SMILES string of the molecule is Cc1ccc2c(c1)C(=O)N(CCS(=O)(=O)NC(C)(C)C)C2=O.